The van der Waals surface area contributed by atoms with Gasteiger partial charge in [0, 0.05) is 12.1 Å². The van der Waals surface area contributed by atoms with Crippen molar-refractivity contribution in [3.63, 3.8) is 0 Å². The lowest BCUT2D eigenvalue weighted by molar-refractivity contribution is 0.291. The topological polar surface area (TPSA) is 76.3 Å². The zero-order chi connectivity index (χ0) is 14.2. The summed E-state index contributed by atoms with van der Waals surface area (Å²) in [5.41, 5.74) is 0.853. The van der Waals surface area contributed by atoms with Gasteiger partial charge < -0.3 is 4.52 Å². The lowest BCUT2D eigenvalue weighted by atomic mass is 10.2. The molecule has 2 aromatic rings. The largest absolute Gasteiger partial charge is 0.337 e. The van der Waals surface area contributed by atoms with Gasteiger partial charge in [0.1, 0.15) is 6.04 Å². The fourth-order valence-electron chi connectivity index (χ4n) is 2.46. The van der Waals surface area contributed by atoms with E-state index in [1.54, 1.807) is 0 Å². The Balaban J connectivity index is 1.91. The van der Waals surface area contributed by atoms with Crippen LogP contribution in [0.5, 0.6) is 0 Å². The summed E-state index contributed by atoms with van der Waals surface area (Å²) in [6.07, 6.45) is 2.73. The van der Waals surface area contributed by atoms with Crippen LogP contribution < -0.4 is 0 Å². The summed E-state index contributed by atoms with van der Waals surface area (Å²) in [6.45, 7) is 0.506. The maximum Gasteiger partial charge on any atom is 0.245 e. The number of rotatable bonds is 3. The molecule has 0 bridgehead atoms. The highest BCUT2D eigenvalue weighted by molar-refractivity contribution is 7.88. The van der Waals surface area contributed by atoms with E-state index >= 15 is 0 Å². The third-order valence-corrected chi connectivity index (χ3v) is 4.68. The van der Waals surface area contributed by atoms with Crippen LogP contribution >= 0.6 is 0 Å². The van der Waals surface area contributed by atoms with E-state index in [0.717, 1.165) is 12.0 Å². The number of hydrogen-bond donors (Lipinski definition) is 0. The summed E-state index contributed by atoms with van der Waals surface area (Å²) < 4.78 is 30.1. The predicted octanol–water partition coefficient (Wildman–Crippen LogP) is 1.83. The quantitative estimate of drug-likeness (QED) is 0.863. The molecule has 2 heterocycles. The molecule has 1 saturated heterocycles. The van der Waals surface area contributed by atoms with Crippen molar-refractivity contribution in [2.75, 3.05) is 12.8 Å². The molecule has 1 unspecified atom stereocenters. The summed E-state index contributed by atoms with van der Waals surface area (Å²) in [5.74, 6) is 0.854. The number of benzene rings is 1. The van der Waals surface area contributed by atoms with Crippen LogP contribution in [-0.2, 0) is 10.0 Å². The van der Waals surface area contributed by atoms with E-state index in [9.17, 15) is 8.42 Å². The van der Waals surface area contributed by atoms with Crippen molar-refractivity contribution in [2.45, 2.75) is 18.9 Å². The average molecular weight is 293 g/mol. The highest BCUT2D eigenvalue weighted by Crippen LogP contribution is 2.33. The Hall–Kier alpha value is -1.73. The van der Waals surface area contributed by atoms with Crippen LogP contribution in [0.15, 0.2) is 34.9 Å². The zero-order valence-corrected chi connectivity index (χ0v) is 11.9. The number of nitrogens with zero attached hydrogens (tertiary/aromatic N) is 3. The number of hydrogen-bond acceptors (Lipinski definition) is 5. The second kappa shape index (κ2) is 4.99. The molecule has 0 amide bonds. The summed E-state index contributed by atoms with van der Waals surface area (Å²) in [7, 11) is -3.25. The minimum absolute atomic E-state index is 0.338. The third-order valence-electron chi connectivity index (χ3n) is 3.39. The summed E-state index contributed by atoms with van der Waals surface area (Å²) in [5, 5.41) is 3.94. The van der Waals surface area contributed by atoms with Gasteiger partial charge in [-0.15, -0.1) is 0 Å². The van der Waals surface area contributed by atoms with Gasteiger partial charge in [0.2, 0.25) is 21.7 Å². The SMILES string of the molecule is CS(=O)(=O)N1CCCC1c1nc(-c2ccccc2)no1. The molecule has 1 aromatic carbocycles. The van der Waals surface area contributed by atoms with E-state index in [4.69, 9.17) is 4.52 Å². The highest BCUT2D eigenvalue weighted by Gasteiger charge is 2.36. The smallest absolute Gasteiger partial charge is 0.245 e. The van der Waals surface area contributed by atoms with Crippen molar-refractivity contribution in [1.82, 2.24) is 14.4 Å². The molecule has 1 fully saturated rings. The van der Waals surface area contributed by atoms with Crippen LogP contribution in [0.1, 0.15) is 24.8 Å². The van der Waals surface area contributed by atoms with E-state index in [0.29, 0.717) is 24.7 Å². The standard InChI is InChI=1S/C13H15N3O3S/c1-20(17,18)16-9-5-8-11(16)13-14-12(15-19-13)10-6-3-2-4-7-10/h2-4,6-7,11H,5,8-9H2,1H3. The molecule has 0 radical (unpaired) electrons. The van der Waals surface area contributed by atoms with Gasteiger partial charge >= 0.3 is 0 Å². The normalized spacial score (nSPS) is 20.4. The lowest BCUT2D eigenvalue weighted by Gasteiger charge is -2.18. The monoisotopic (exact) mass is 293 g/mol. The van der Waals surface area contributed by atoms with Gasteiger partial charge in [-0.1, -0.05) is 35.5 Å². The highest BCUT2D eigenvalue weighted by atomic mass is 32.2. The Morgan fingerprint density at radius 2 is 2.05 bits per heavy atom. The van der Waals surface area contributed by atoms with Gasteiger partial charge in [0.25, 0.3) is 0 Å². The Bertz CT molecular complexity index is 697. The lowest BCUT2D eigenvalue weighted by Crippen LogP contribution is -2.29. The van der Waals surface area contributed by atoms with Crippen molar-refractivity contribution in [3.8, 4) is 11.4 Å². The Kier molecular flexibility index (Phi) is 3.31. The Morgan fingerprint density at radius 3 is 2.75 bits per heavy atom. The first kappa shape index (κ1) is 13.3. The molecule has 1 aliphatic heterocycles. The molecule has 7 heteroatoms. The van der Waals surface area contributed by atoms with Crippen LogP contribution in [0.3, 0.4) is 0 Å². The van der Waals surface area contributed by atoms with Crippen LogP contribution in [-0.4, -0.2) is 35.7 Å². The fourth-order valence-corrected chi connectivity index (χ4v) is 3.58. The molecule has 1 aliphatic rings. The van der Waals surface area contributed by atoms with Crippen LogP contribution in [0.2, 0.25) is 0 Å². The van der Waals surface area contributed by atoms with Gasteiger partial charge in [-0.05, 0) is 12.8 Å². The van der Waals surface area contributed by atoms with Crippen LogP contribution in [0.25, 0.3) is 11.4 Å². The van der Waals surface area contributed by atoms with Crippen molar-refractivity contribution in [2.24, 2.45) is 0 Å². The molecule has 6 nitrogen and oxygen atoms in total. The van der Waals surface area contributed by atoms with Gasteiger partial charge in [0.05, 0.1) is 6.26 Å². The van der Waals surface area contributed by atoms with Crippen molar-refractivity contribution in [1.29, 1.82) is 0 Å². The van der Waals surface area contributed by atoms with Gasteiger partial charge in [0.15, 0.2) is 0 Å². The molecule has 1 aromatic heterocycles. The van der Waals surface area contributed by atoms with E-state index in [1.165, 1.54) is 10.6 Å². The Morgan fingerprint density at radius 1 is 1.30 bits per heavy atom. The predicted molar refractivity (Wildman–Crippen MR) is 73.3 cm³/mol. The van der Waals surface area contributed by atoms with E-state index in [2.05, 4.69) is 10.1 Å². The van der Waals surface area contributed by atoms with Gasteiger partial charge in [-0.25, -0.2) is 8.42 Å². The number of sulfonamides is 1. The molecule has 0 aliphatic carbocycles. The minimum atomic E-state index is -3.25. The van der Waals surface area contributed by atoms with E-state index in [-0.39, 0.29) is 6.04 Å². The average Bonchev–Trinajstić information content (AvgIpc) is 3.08. The zero-order valence-electron chi connectivity index (χ0n) is 11.1. The van der Waals surface area contributed by atoms with Crippen molar-refractivity contribution < 1.29 is 12.9 Å². The molecule has 20 heavy (non-hydrogen) atoms. The summed E-state index contributed by atoms with van der Waals surface area (Å²) in [6, 6.07) is 9.13. The molecular weight excluding hydrogens is 278 g/mol. The van der Waals surface area contributed by atoms with Crippen molar-refractivity contribution >= 4 is 10.0 Å². The maximum absolute atomic E-state index is 11.7. The molecular formula is C13H15N3O3S. The van der Waals surface area contributed by atoms with E-state index < -0.39 is 10.0 Å². The molecule has 0 spiro atoms. The first-order valence-electron chi connectivity index (χ1n) is 6.41. The molecule has 106 valence electrons. The first-order valence-corrected chi connectivity index (χ1v) is 8.26. The third kappa shape index (κ3) is 2.46. The van der Waals surface area contributed by atoms with Crippen LogP contribution in [0, 0.1) is 0 Å². The Labute approximate surface area is 117 Å². The van der Waals surface area contributed by atoms with E-state index in [1.807, 2.05) is 30.3 Å². The summed E-state index contributed by atoms with van der Waals surface area (Å²) >= 11 is 0. The maximum atomic E-state index is 11.7. The number of aromatic nitrogens is 2. The second-order valence-corrected chi connectivity index (χ2v) is 6.79. The molecule has 0 N–H and O–H groups in total. The van der Waals surface area contributed by atoms with Gasteiger partial charge in [-0.2, -0.15) is 9.29 Å². The van der Waals surface area contributed by atoms with Crippen LogP contribution in [0.4, 0.5) is 0 Å². The molecule has 0 saturated carbocycles. The summed E-state index contributed by atoms with van der Waals surface area (Å²) in [4.78, 5) is 4.34. The molecule has 3 rings (SSSR count). The van der Waals surface area contributed by atoms with Crippen molar-refractivity contribution in [3.05, 3.63) is 36.2 Å². The van der Waals surface area contributed by atoms with Gasteiger partial charge in [-0.3, -0.25) is 0 Å². The fraction of sp³-hybridized carbons (Fsp3) is 0.385. The molecule has 1 atom stereocenters. The minimum Gasteiger partial charge on any atom is -0.337 e. The second-order valence-electron chi connectivity index (χ2n) is 4.85. The first-order chi connectivity index (χ1) is 9.55.